The molecule has 0 saturated heterocycles. The smallest absolute Gasteiger partial charge is 0.237 e. The van der Waals surface area contributed by atoms with Crippen LogP contribution >= 0.6 is 11.8 Å². The Morgan fingerprint density at radius 1 is 0.960 bits per heavy atom. The lowest BCUT2D eigenvalue weighted by Gasteiger charge is -2.20. The number of anilines is 1. The molecule has 0 aliphatic carbocycles. The summed E-state index contributed by atoms with van der Waals surface area (Å²) in [6.45, 7) is 7.57. The molecular weight excluding hydrogens is 340 g/mol. The fraction of sp³-hybridized carbons (Fsp3) is 0.350. The Balaban J connectivity index is 2.08. The Morgan fingerprint density at radius 3 is 2.16 bits per heavy atom. The fourth-order valence-corrected chi connectivity index (χ4v) is 3.84. The first kappa shape index (κ1) is 19.4. The summed E-state index contributed by atoms with van der Waals surface area (Å²) >= 11 is 1.23. The van der Waals surface area contributed by atoms with Crippen molar-refractivity contribution >= 4 is 23.4 Å². The third kappa shape index (κ3) is 4.82. The Kier molecular flexibility index (Phi) is 6.59. The Bertz CT molecular complexity index is 728. The molecule has 2 rings (SSSR count). The standard InChI is InChI=1S/C20H23F2NOS/c1-12(2)15-8-5-6-11-18(15)23-20(24)14(4)25-13(3)19-16(21)9-7-10-17(19)22/h5-14H,1-4H3,(H,23,24). The summed E-state index contributed by atoms with van der Waals surface area (Å²) in [5, 5.41) is 2.01. The van der Waals surface area contributed by atoms with E-state index in [-0.39, 0.29) is 17.4 Å². The molecule has 2 unspecified atom stereocenters. The van der Waals surface area contributed by atoms with Gasteiger partial charge in [0.25, 0.3) is 0 Å². The van der Waals surface area contributed by atoms with E-state index in [1.54, 1.807) is 13.8 Å². The largest absolute Gasteiger partial charge is 0.325 e. The van der Waals surface area contributed by atoms with Gasteiger partial charge >= 0.3 is 0 Å². The van der Waals surface area contributed by atoms with E-state index < -0.39 is 22.1 Å². The van der Waals surface area contributed by atoms with Crippen LogP contribution in [0.2, 0.25) is 0 Å². The van der Waals surface area contributed by atoms with Crippen LogP contribution in [0.15, 0.2) is 42.5 Å². The van der Waals surface area contributed by atoms with Crippen LogP contribution in [0.3, 0.4) is 0 Å². The molecule has 0 aliphatic heterocycles. The van der Waals surface area contributed by atoms with Gasteiger partial charge in [-0.1, -0.05) is 38.1 Å². The van der Waals surface area contributed by atoms with Gasteiger partial charge in [0.15, 0.2) is 0 Å². The number of para-hydroxylation sites is 1. The van der Waals surface area contributed by atoms with Gasteiger partial charge in [-0.2, -0.15) is 0 Å². The fourth-order valence-electron chi connectivity index (χ4n) is 2.68. The van der Waals surface area contributed by atoms with Crippen LogP contribution in [-0.2, 0) is 4.79 Å². The van der Waals surface area contributed by atoms with Gasteiger partial charge in [0, 0.05) is 16.5 Å². The summed E-state index contributed by atoms with van der Waals surface area (Å²) in [5.41, 5.74) is 1.84. The average Bonchev–Trinajstić information content (AvgIpc) is 2.54. The van der Waals surface area contributed by atoms with E-state index in [0.29, 0.717) is 0 Å². The monoisotopic (exact) mass is 363 g/mol. The third-order valence-electron chi connectivity index (χ3n) is 4.02. The van der Waals surface area contributed by atoms with E-state index in [1.807, 2.05) is 24.3 Å². The summed E-state index contributed by atoms with van der Waals surface area (Å²) in [6, 6.07) is 11.5. The second kappa shape index (κ2) is 8.48. The molecule has 2 atom stereocenters. The molecule has 2 nitrogen and oxygen atoms in total. The van der Waals surface area contributed by atoms with Crippen LogP contribution in [0.1, 0.15) is 50.0 Å². The van der Waals surface area contributed by atoms with E-state index in [0.717, 1.165) is 11.3 Å². The number of carbonyl (C=O) groups is 1. The Hall–Kier alpha value is -1.88. The minimum absolute atomic E-state index is 0.00901. The van der Waals surface area contributed by atoms with Crippen molar-refractivity contribution < 1.29 is 13.6 Å². The highest BCUT2D eigenvalue weighted by atomic mass is 32.2. The number of nitrogens with one attached hydrogen (secondary N) is 1. The third-order valence-corrected chi connectivity index (χ3v) is 5.29. The molecule has 0 bridgehead atoms. The molecule has 0 aromatic heterocycles. The highest BCUT2D eigenvalue weighted by Gasteiger charge is 2.23. The molecule has 1 amide bonds. The lowest BCUT2D eigenvalue weighted by Crippen LogP contribution is -2.24. The number of rotatable bonds is 6. The van der Waals surface area contributed by atoms with Gasteiger partial charge in [0.2, 0.25) is 5.91 Å². The van der Waals surface area contributed by atoms with Gasteiger partial charge in [-0.25, -0.2) is 8.78 Å². The summed E-state index contributed by atoms with van der Waals surface area (Å²) in [5.74, 6) is -1.07. The lowest BCUT2D eigenvalue weighted by molar-refractivity contribution is -0.115. The first-order valence-electron chi connectivity index (χ1n) is 8.30. The summed E-state index contributed by atoms with van der Waals surface area (Å²) in [4.78, 5) is 12.5. The number of amides is 1. The molecular formula is C20H23F2NOS. The minimum Gasteiger partial charge on any atom is -0.325 e. The van der Waals surface area contributed by atoms with Gasteiger partial charge in [0.05, 0.1) is 5.25 Å². The van der Waals surface area contributed by atoms with Gasteiger partial charge < -0.3 is 5.32 Å². The molecule has 0 fully saturated rings. The van der Waals surface area contributed by atoms with Crippen molar-refractivity contribution in [3.63, 3.8) is 0 Å². The van der Waals surface area contributed by atoms with Gasteiger partial charge in [-0.05, 0) is 43.5 Å². The molecule has 0 spiro atoms. The second-order valence-corrected chi connectivity index (χ2v) is 7.97. The average molecular weight is 363 g/mol. The van der Waals surface area contributed by atoms with Crippen LogP contribution < -0.4 is 5.32 Å². The zero-order valence-electron chi connectivity index (χ0n) is 14.8. The number of halogens is 2. The van der Waals surface area contributed by atoms with Gasteiger partial charge in [0.1, 0.15) is 11.6 Å². The van der Waals surface area contributed by atoms with Crippen molar-refractivity contribution in [3.05, 3.63) is 65.2 Å². The normalized spacial score (nSPS) is 13.6. The van der Waals surface area contributed by atoms with E-state index >= 15 is 0 Å². The van der Waals surface area contributed by atoms with Crippen LogP contribution in [0.5, 0.6) is 0 Å². The van der Waals surface area contributed by atoms with Gasteiger partial charge in [-0.3, -0.25) is 4.79 Å². The lowest BCUT2D eigenvalue weighted by atomic mass is 10.0. The SMILES string of the molecule is CC(SC(C)c1c(F)cccc1F)C(=O)Nc1ccccc1C(C)C. The van der Waals surface area contributed by atoms with Crippen molar-refractivity contribution in [2.45, 2.75) is 44.1 Å². The maximum absolute atomic E-state index is 13.9. The van der Waals surface area contributed by atoms with Crippen molar-refractivity contribution in [3.8, 4) is 0 Å². The van der Waals surface area contributed by atoms with Crippen molar-refractivity contribution in [1.82, 2.24) is 0 Å². The molecule has 0 heterocycles. The maximum Gasteiger partial charge on any atom is 0.237 e. The number of thioether (sulfide) groups is 1. The van der Waals surface area contributed by atoms with Crippen LogP contribution in [0, 0.1) is 11.6 Å². The molecule has 0 aliphatic rings. The predicted molar refractivity (Wildman–Crippen MR) is 101 cm³/mol. The van der Waals surface area contributed by atoms with E-state index in [1.165, 1.54) is 30.0 Å². The molecule has 5 heteroatoms. The Labute approximate surface area is 152 Å². The zero-order chi connectivity index (χ0) is 18.6. The second-order valence-electron chi connectivity index (χ2n) is 6.29. The van der Waals surface area contributed by atoms with E-state index in [4.69, 9.17) is 0 Å². The number of benzene rings is 2. The highest BCUT2D eigenvalue weighted by Crippen LogP contribution is 2.35. The van der Waals surface area contributed by atoms with E-state index in [9.17, 15) is 13.6 Å². The summed E-state index contributed by atoms with van der Waals surface area (Å²) in [6.07, 6.45) is 0. The van der Waals surface area contributed by atoms with Crippen molar-refractivity contribution in [2.24, 2.45) is 0 Å². The predicted octanol–water partition coefficient (Wildman–Crippen LogP) is 5.91. The summed E-state index contributed by atoms with van der Waals surface area (Å²) < 4.78 is 27.8. The molecule has 0 radical (unpaired) electrons. The first-order chi connectivity index (χ1) is 11.8. The van der Waals surface area contributed by atoms with Crippen LogP contribution in [0.25, 0.3) is 0 Å². The number of carbonyl (C=O) groups excluding carboxylic acids is 1. The van der Waals surface area contributed by atoms with Crippen LogP contribution in [-0.4, -0.2) is 11.2 Å². The molecule has 25 heavy (non-hydrogen) atoms. The number of hydrogen-bond acceptors (Lipinski definition) is 2. The quantitative estimate of drug-likeness (QED) is 0.691. The van der Waals surface area contributed by atoms with E-state index in [2.05, 4.69) is 19.2 Å². The molecule has 1 N–H and O–H groups in total. The molecule has 134 valence electrons. The first-order valence-corrected chi connectivity index (χ1v) is 9.24. The summed E-state index contributed by atoms with van der Waals surface area (Å²) in [7, 11) is 0. The maximum atomic E-state index is 13.9. The van der Waals surface area contributed by atoms with Crippen molar-refractivity contribution in [2.75, 3.05) is 5.32 Å². The van der Waals surface area contributed by atoms with Gasteiger partial charge in [-0.15, -0.1) is 11.8 Å². The van der Waals surface area contributed by atoms with Crippen molar-refractivity contribution in [1.29, 1.82) is 0 Å². The molecule has 0 saturated carbocycles. The minimum atomic E-state index is -0.585. The molecule has 2 aromatic rings. The Morgan fingerprint density at radius 2 is 1.56 bits per heavy atom. The topological polar surface area (TPSA) is 29.1 Å². The zero-order valence-corrected chi connectivity index (χ0v) is 15.7. The van der Waals surface area contributed by atoms with Crippen LogP contribution in [0.4, 0.5) is 14.5 Å². The highest BCUT2D eigenvalue weighted by molar-refractivity contribution is 8.00. The number of hydrogen-bond donors (Lipinski definition) is 1. The molecule has 2 aromatic carbocycles.